The van der Waals surface area contributed by atoms with Crippen LogP contribution in [0.1, 0.15) is 27.9 Å². The van der Waals surface area contributed by atoms with Gasteiger partial charge in [0.25, 0.3) is 5.91 Å². The molecule has 0 heterocycles. The molecule has 0 aromatic heterocycles. The molecule has 0 atom stereocenters. The predicted molar refractivity (Wildman–Crippen MR) is 101 cm³/mol. The van der Waals surface area contributed by atoms with E-state index in [-0.39, 0.29) is 18.2 Å². The van der Waals surface area contributed by atoms with Gasteiger partial charge in [-0.2, -0.15) is 0 Å². The Bertz CT molecular complexity index is 724. The quantitative estimate of drug-likeness (QED) is 0.815. The van der Waals surface area contributed by atoms with E-state index < -0.39 is 0 Å². The van der Waals surface area contributed by atoms with Crippen molar-refractivity contribution in [2.45, 2.75) is 19.9 Å². The molecule has 0 radical (unpaired) electrons. The van der Waals surface area contributed by atoms with Crippen LogP contribution in [0.15, 0.2) is 48.5 Å². The Hall–Kier alpha value is -2.82. The molecule has 0 aliphatic rings. The van der Waals surface area contributed by atoms with Crippen LogP contribution in [0.5, 0.6) is 0 Å². The molecule has 5 heteroatoms. The summed E-state index contributed by atoms with van der Waals surface area (Å²) in [5.74, 6) is -0.230. The van der Waals surface area contributed by atoms with Gasteiger partial charge in [-0.15, -0.1) is 0 Å². The predicted octanol–water partition coefficient (Wildman–Crippen LogP) is 2.50. The van der Waals surface area contributed by atoms with Crippen LogP contribution in [-0.2, 0) is 11.3 Å². The van der Waals surface area contributed by atoms with Gasteiger partial charge in [-0.05, 0) is 36.2 Å². The Morgan fingerprint density at radius 1 is 0.960 bits per heavy atom. The Morgan fingerprint density at radius 3 is 2.28 bits per heavy atom. The average Bonchev–Trinajstić information content (AvgIpc) is 2.60. The maximum atomic E-state index is 12.1. The minimum Gasteiger partial charge on any atom is -0.378 e. The summed E-state index contributed by atoms with van der Waals surface area (Å²) in [7, 11) is 3.98. The van der Waals surface area contributed by atoms with Crippen molar-refractivity contribution < 1.29 is 9.59 Å². The zero-order chi connectivity index (χ0) is 18.2. The van der Waals surface area contributed by atoms with Crippen LogP contribution in [-0.4, -0.2) is 32.5 Å². The van der Waals surface area contributed by atoms with E-state index in [1.165, 1.54) is 0 Å². The van der Waals surface area contributed by atoms with E-state index in [0.29, 0.717) is 18.7 Å². The fourth-order valence-electron chi connectivity index (χ4n) is 2.41. The number of hydrogen-bond acceptors (Lipinski definition) is 3. The van der Waals surface area contributed by atoms with Gasteiger partial charge >= 0.3 is 0 Å². The second-order valence-electron chi connectivity index (χ2n) is 6.16. The molecule has 2 aromatic rings. The first-order valence-corrected chi connectivity index (χ1v) is 8.34. The monoisotopic (exact) mass is 339 g/mol. The van der Waals surface area contributed by atoms with E-state index in [0.717, 1.165) is 16.8 Å². The topological polar surface area (TPSA) is 61.4 Å². The van der Waals surface area contributed by atoms with Crippen LogP contribution in [0.2, 0.25) is 0 Å². The third-order valence-corrected chi connectivity index (χ3v) is 3.97. The lowest BCUT2D eigenvalue weighted by atomic mass is 10.1. The second kappa shape index (κ2) is 8.87. The Labute approximate surface area is 149 Å². The SMILES string of the molecule is Cc1ccccc1C(=O)NCCC(=O)NCc1ccc(N(C)C)cc1. The molecule has 0 unspecified atom stereocenters. The molecule has 0 saturated heterocycles. The third-order valence-electron chi connectivity index (χ3n) is 3.97. The van der Waals surface area contributed by atoms with Crippen LogP contribution in [0, 0.1) is 6.92 Å². The number of rotatable bonds is 7. The van der Waals surface area contributed by atoms with Crippen molar-refractivity contribution in [3.05, 3.63) is 65.2 Å². The molecule has 0 spiro atoms. The molecule has 0 aliphatic carbocycles. The van der Waals surface area contributed by atoms with Gasteiger partial charge in [0.1, 0.15) is 0 Å². The van der Waals surface area contributed by atoms with Gasteiger partial charge < -0.3 is 15.5 Å². The maximum Gasteiger partial charge on any atom is 0.251 e. The summed E-state index contributed by atoms with van der Waals surface area (Å²) in [5, 5.41) is 5.65. The molecule has 5 nitrogen and oxygen atoms in total. The van der Waals surface area contributed by atoms with E-state index in [1.807, 2.05) is 68.4 Å². The van der Waals surface area contributed by atoms with Crippen molar-refractivity contribution in [1.29, 1.82) is 0 Å². The first kappa shape index (κ1) is 18.5. The van der Waals surface area contributed by atoms with Gasteiger partial charge in [0.2, 0.25) is 5.91 Å². The number of carbonyl (C=O) groups is 2. The fourth-order valence-corrected chi connectivity index (χ4v) is 2.41. The lowest BCUT2D eigenvalue weighted by Crippen LogP contribution is -2.30. The number of carbonyl (C=O) groups excluding carboxylic acids is 2. The van der Waals surface area contributed by atoms with E-state index >= 15 is 0 Å². The average molecular weight is 339 g/mol. The molecular weight excluding hydrogens is 314 g/mol. The fraction of sp³-hybridized carbons (Fsp3) is 0.300. The summed E-state index contributed by atoms with van der Waals surface area (Å²) in [4.78, 5) is 26.0. The zero-order valence-electron chi connectivity index (χ0n) is 15.0. The van der Waals surface area contributed by atoms with Crippen molar-refractivity contribution in [3.8, 4) is 0 Å². The van der Waals surface area contributed by atoms with Crippen LogP contribution < -0.4 is 15.5 Å². The van der Waals surface area contributed by atoms with Crippen LogP contribution in [0.25, 0.3) is 0 Å². The molecule has 2 rings (SSSR count). The smallest absolute Gasteiger partial charge is 0.251 e. The first-order valence-electron chi connectivity index (χ1n) is 8.34. The van der Waals surface area contributed by atoms with Gasteiger partial charge in [0.05, 0.1) is 0 Å². The number of nitrogens with zero attached hydrogens (tertiary/aromatic N) is 1. The van der Waals surface area contributed by atoms with E-state index in [9.17, 15) is 9.59 Å². The Balaban J connectivity index is 1.72. The van der Waals surface area contributed by atoms with Crippen molar-refractivity contribution in [2.75, 3.05) is 25.5 Å². The largest absolute Gasteiger partial charge is 0.378 e. The number of benzene rings is 2. The highest BCUT2D eigenvalue weighted by molar-refractivity contribution is 5.95. The Morgan fingerprint density at radius 2 is 1.64 bits per heavy atom. The normalized spacial score (nSPS) is 10.2. The minimum absolute atomic E-state index is 0.0817. The molecule has 2 amide bonds. The summed E-state index contributed by atoms with van der Waals surface area (Å²) in [5.41, 5.74) is 3.73. The molecule has 2 N–H and O–H groups in total. The van der Waals surface area contributed by atoms with Gasteiger partial charge in [0.15, 0.2) is 0 Å². The summed E-state index contributed by atoms with van der Waals surface area (Å²) < 4.78 is 0. The van der Waals surface area contributed by atoms with Gasteiger partial charge in [-0.3, -0.25) is 9.59 Å². The molecule has 0 bridgehead atoms. The van der Waals surface area contributed by atoms with Gasteiger partial charge in [0, 0.05) is 44.9 Å². The number of aryl methyl sites for hydroxylation is 1. The first-order chi connectivity index (χ1) is 12.0. The highest BCUT2D eigenvalue weighted by Gasteiger charge is 2.08. The number of nitrogens with one attached hydrogen (secondary N) is 2. The van der Waals surface area contributed by atoms with Crippen LogP contribution in [0.4, 0.5) is 5.69 Å². The summed E-state index contributed by atoms with van der Waals surface area (Å²) in [6.45, 7) is 2.69. The molecule has 0 aliphatic heterocycles. The molecule has 0 saturated carbocycles. The van der Waals surface area contributed by atoms with Crippen molar-refractivity contribution in [3.63, 3.8) is 0 Å². The van der Waals surface area contributed by atoms with Gasteiger partial charge in [-0.25, -0.2) is 0 Å². The highest BCUT2D eigenvalue weighted by Crippen LogP contribution is 2.12. The summed E-state index contributed by atoms with van der Waals surface area (Å²) in [6.07, 6.45) is 0.257. The number of amides is 2. The highest BCUT2D eigenvalue weighted by atomic mass is 16.2. The van der Waals surface area contributed by atoms with E-state index in [2.05, 4.69) is 10.6 Å². The summed E-state index contributed by atoms with van der Waals surface area (Å²) >= 11 is 0. The van der Waals surface area contributed by atoms with Gasteiger partial charge in [-0.1, -0.05) is 30.3 Å². The van der Waals surface area contributed by atoms with Crippen LogP contribution in [0.3, 0.4) is 0 Å². The van der Waals surface area contributed by atoms with Crippen molar-refractivity contribution in [1.82, 2.24) is 10.6 Å². The van der Waals surface area contributed by atoms with Crippen molar-refractivity contribution in [2.24, 2.45) is 0 Å². The third kappa shape index (κ3) is 5.64. The van der Waals surface area contributed by atoms with Crippen LogP contribution >= 0.6 is 0 Å². The summed E-state index contributed by atoms with van der Waals surface area (Å²) in [6, 6.07) is 15.4. The minimum atomic E-state index is -0.148. The maximum absolute atomic E-state index is 12.1. The number of hydrogen-bond donors (Lipinski definition) is 2. The Kier molecular flexibility index (Phi) is 6.57. The van der Waals surface area contributed by atoms with Crippen molar-refractivity contribution >= 4 is 17.5 Å². The molecule has 2 aromatic carbocycles. The molecule has 0 fully saturated rings. The van der Waals surface area contributed by atoms with E-state index in [4.69, 9.17) is 0 Å². The lowest BCUT2D eigenvalue weighted by Gasteiger charge is -2.13. The molecular formula is C20H25N3O2. The lowest BCUT2D eigenvalue weighted by molar-refractivity contribution is -0.121. The second-order valence-corrected chi connectivity index (χ2v) is 6.16. The zero-order valence-corrected chi connectivity index (χ0v) is 15.0. The van der Waals surface area contributed by atoms with E-state index in [1.54, 1.807) is 6.07 Å². The molecule has 25 heavy (non-hydrogen) atoms. The standard InChI is InChI=1S/C20H25N3O2/c1-15-6-4-5-7-18(15)20(25)21-13-12-19(24)22-14-16-8-10-17(11-9-16)23(2)3/h4-11H,12-14H2,1-3H3,(H,21,25)(H,22,24). The number of anilines is 1. The molecule has 132 valence electrons.